The predicted octanol–water partition coefficient (Wildman–Crippen LogP) is 6.96. The second-order valence-electron chi connectivity index (χ2n) is 9.33. The summed E-state index contributed by atoms with van der Waals surface area (Å²) in [7, 11) is 0. The summed E-state index contributed by atoms with van der Waals surface area (Å²) >= 11 is 13.6. The Kier molecular flexibility index (Phi) is 7.29. The lowest BCUT2D eigenvalue weighted by Crippen LogP contribution is -2.45. The molecule has 5 aromatic rings. The topological polar surface area (TPSA) is 97.0 Å². The molecule has 0 aliphatic carbocycles. The van der Waals surface area contributed by atoms with E-state index in [2.05, 4.69) is 10.1 Å². The minimum atomic E-state index is -1.11. The number of hydrogen-bond acceptors (Lipinski definition) is 6. The van der Waals surface area contributed by atoms with Crippen molar-refractivity contribution in [2.75, 3.05) is 18.1 Å². The van der Waals surface area contributed by atoms with Crippen LogP contribution >= 0.6 is 34.5 Å². The molecule has 4 heterocycles. The molecule has 0 saturated carbocycles. The molecule has 202 valence electrons. The van der Waals surface area contributed by atoms with E-state index in [0.29, 0.717) is 35.2 Å². The number of rotatable bonds is 6. The maximum atomic E-state index is 13.9. The quantitative estimate of drug-likeness (QED) is 0.229. The smallest absolute Gasteiger partial charge is 0.348 e. The number of carboxylic acid groups (broad SMARTS) is 1. The van der Waals surface area contributed by atoms with Crippen molar-refractivity contribution in [3.05, 3.63) is 93.5 Å². The second-order valence-corrected chi connectivity index (χ2v) is 11.2. The van der Waals surface area contributed by atoms with Gasteiger partial charge in [-0.15, -0.1) is 11.3 Å². The van der Waals surface area contributed by atoms with Gasteiger partial charge in [0.05, 0.1) is 34.6 Å². The third-order valence-corrected chi connectivity index (χ3v) is 8.46. The molecule has 1 atom stereocenters. The number of hydrogen-bond donors (Lipinski definition) is 1. The number of ether oxygens (including phenoxy) is 1. The number of amides is 1. The Morgan fingerprint density at radius 3 is 2.58 bits per heavy atom. The van der Waals surface area contributed by atoms with Crippen molar-refractivity contribution in [2.24, 2.45) is 0 Å². The molecule has 3 aromatic heterocycles. The van der Waals surface area contributed by atoms with Crippen molar-refractivity contribution in [1.29, 1.82) is 0 Å². The molecule has 8 nitrogen and oxygen atoms in total. The number of aromatic nitrogens is 3. The molecule has 0 radical (unpaired) electrons. The van der Waals surface area contributed by atoms with Gasteiger partial charge in [-0.05, 0) is 48.7 Å². The molecule has 1 amide bonds. The summed E-state index contributed by atoms with van der Waals surface area (Å²) in [5, 5.41) is 15.3. The largest absolute Gasteiger partial charge is 0.477 e. The standard InChI is InChI=1S/C29H22Cl2N4O4S/c30-19-8-9-21(22(31)13-19)28(36)35(20-3-1-12-39-16-20)24-15-25(40-27(24)29(37)38)18-6-4-17(5-7-18)23-14-26-32-10-2-11-34(26)33-23/h2,4-11,13-15,20H,1,3,12,16H2,(H,37,38). The molecule has 1 aliphatic rings. The summed E-state index contributed by atoms with van der Waals surface area (Å²) in [6, 6.07) is 17.5. The van der Waals surface area contributed by atoms with Crippen LogP contribution < -0.4 is 4.90 Å². The Morgan fingerprint density at radius 1 is 1.07 bits per heavy atom. The van der Waals surface area contributed by atoms with Crippen molar-refractivity contribution in [2.45, 2.75) is 18.9 Å². The number of benzene rings is 2. The molecular formula is C29H22Cl2N4O4S. The zero-order valence-corrected chi connectivity index (χ0v) is 23.3. The van der Waals surface area contributed by atoms with Gasteiger partial charge in [0.2, 0.25) is 0 Å². The molecule has 6 rings (SSSR count). The Labute approximate surface area is 243 Å². The van der Waals surface area contributed by atoms with Crippen molar-refractivity contribution in [1.82, 2.24) is 14.6 Å². The van der Waals surface area contributed by atoms with E-state index in [1.165, 1.54) is 11.0 Å². The number of thiophene rings is 1. The van der Waals surface area contributed by atoms with Crippen LogP contribution in [-0.4, -0.2) is 50.8 Å². The van der Waals surface area contributed by atoms with Crippen LogP contribution in [0.3, 0.4) is 0 Å². The highest BCUT2D eigenvalue weighted by Gasteiger charge is 2.34. The lowest BCUT2D eigenvalue weighted by molar-refractivity contribution is 0.0692. The summed E-state index contributed by atoms with van der Waals surface area (Å²) in [5.74, 6) is -1.52. The molecule has 40 heavy (non-hydrogen) atoms. The van der Waals surface area contributed by atoms with Crippen LogP contribution in [0, 0.1) is 0 Å². The highest BCUT2D eigenvalue weighted by molar-refractivity contribution is 7.18. The van der Waals surface area contributed by atoms with Gasteiger partial charge in [-0.2, -0.15) is 5.10 Å². The molecular weight excluding hydrogens is 571 g/mol. The third kappa shape index (κ3) is 5.09. The molecule has 1 aliphatic heterocycles. The minimum Gasteiger partial charge on any atom is -0.477 e. The van der Waals surface area contributed by atoms with Gasteiger partial charge in [-0.3, -0.25) is 4.79 Å². The molecule has 0 bridgehead atoms. The summed E-state index contributed by atoms with van der Waals surface area (Å²) in [6.45, 7) is 0.888. The van der Waals surface area contributed by atoms with Crippen LogP contribution in [0.2, 0.25) is 10.0 Å². The zero-order valence-electron chi connectivity index (χ0n) is 21.0. The first-order chi connectivity index (χ1) is 19.4. The van der Waals surface area contributed by atoms with E-state index in [-0.39, 0.29) is 21.5 Å². The Hall–Kier alpha value is -3.76. The summed E-state index contributed by atoms with van der Waals surface area (Å²) in [5.41, 5.74) is 3.80. The normalized spacial score (nSPS) is 15.3. The third-order valence-electron chi connectivity index (χ3n) is 6.75. The van der Waals surface area contributed by atoms with Gasteiger partial charge in [0.25, 0.3) is 5.91 Å². The van der Waals surface area contributed by atoms with E-state index in [1.807, 2.05) is 42.6 Å². The fourth-order valence-electron chi connectivity index (χ4n) is 4.82. The predicted molar refractivity (Wildman–Crippen MR) is 156 cm³/mol. The van der Waals surface area contributed by atoms with Crippen molar-refractivity contribution < 1.29 is 19.4 Å². The fourth-order valence-corrected chi connectivity index (χ4v) is 6.31. The maximum Gasteiger partial charge on any atom is 0.348 e. The molecule has 0 spiro atoms. The number of anilines is 1. The van der Waals surface area contributed by atoms with Gasteiger partial charge in [0.15, 0.2) is 5.65 Å². The number of carbonyl (C=O) groups excluding carboxylic acids is 1. The van der Waals surface area contributed by atoms with Crippen LogP contribution in [0.15, 0.2) is 73.1 Å². The minimum absolute atomic E-state index is 0.0644. The first kappa shape index (κ1) is 26.5. The van der Waals surface area contributed by atoms with Gasteiger partial charge in [-0.1, -0.05) is 47.5 Å². The highest BCUT2D eigenvalue weighted by Crippen LogP contribution is 2.40. The number of halogens is 2. The molecule has 11 heteroatoms. The number of aromatic carboxylic acids is 1. The lowest BCUT2D eigenvalue weighted by atomic mass is 10.0. The SMILES string of the molecule is O=C(O)c1sc(-c2ccc(-c3cc4ncccn4n3)cc2)cc1N(C(=O)c1ccc(Cl)cc1Cl)C1CCCOC1. The Balaban J connectivity index is 1.39. The molecule has 2 aromatic carbocycles. The monoisotopic (exact) mass is 592 g/mol. The van der Waals surface area contributed by atoms with Crippen LogP contribution in [0.5, 0.6) is 0 Å². The van der Waals surface area contributed by atoms with E-state index in [0.717, 1.165) is 40.2 Å². The van der Waals surface area contributed by atoms with E-state index in [9.17, 15) is 14.7 Å². The number of carbonyl (C=O) groups is 2. The first-order valence-corrected chi connectivity index (χ1v) is 14.1. The first-order valence-electron chi connectivity index (χ1n) is 12.5. The summed E-state index contributed by atoms with van der Waals surface area (Å²) in [6.07, 6.45) is 4.97. The Bertz CT molecular complexity index is 1690. The van der Waals surface area contributed by atoms with Crippen LogP contribution in [0.1, 0.15) is 32.9 Å². The molecule has 1 saturated heterocycles. The van der Waals surface area contributed by atoms with E-state index >= 15 is 0 Å². The van der Waals surface area contributed by atoms with E-state index in [4.69, 9.17) is 27.9 Å². The van der Waals surface area contributed by atoms with Crippen LogP contribution in [0.4, 0.5) is 5.69 Å². The maximum absolute atomic E-state index is 13.9. The summed E-state index contributed by atoms with van der Waals surface area (Å²) < 4.78 is 7.39. The molecule has 1 N–H and O–H groups in total. The number of nitrogens with zero attached hydrogens (tertiary/aromatic N) is 4. The van der Waals surface area contributed by atoms with Crippen LogP contribution in [-0.2, 0) is 4.74 Å². The van der Waals surface area contributed by atoms with Crippen molar-refractivity contribution >= 4 is 57.7 Å². The lowest BCUT2D eigenvalue weighted by Gasteiger charge is -2.34. The van der Waals surface area contributed by atoms with E-state index < -0.39 is 11.9 Å². The second kappa shape index (κ2) is 11.0. The fraction of sp³-hybridized carbons (Fsp3) is 0.172. The Morgan fingerprint density at radius 2 is 1.88 bits per heavy atom. The van der Waals surface area contributed by atoms with Gasteiger partial charge < -0.3 is 14.7 Å². The van der Waals surface area contributed by atoms with Gasteiger partial charge in [0.1, 0.15) is 4.88 Å². The van der Waals surface area contributed by atoms with Gasteiger partial charge in [0, 0.05) is 40.5 Å². The number of fused-ring (bicyclic) bond motifs is 1. The summed E-state index contributed by atoms with van der Waals surface area (Å²) in [4.78, 5) is 33.0. The van der Waals surface area contributed by atoms with Crippen LogP contribution in [0.25, 0.3) is 27.3 Å². The van der Waals surface area contributed by atoms with Gasteiger partial charge >= 0.3 is 5.97 Å². The van der Waals surface area contributed by atoms with E-state index in [1.54, 1.807) is 28.9 Å². The van der Waals surface area contributed by atoms with Crippen molar-refractivity contribution in [3.63, 3.8) is 0 Å². The average molecular weight is 593 g/mol. The molecule has 1 unspecified atom stereocenters. The van der Waals surface area contributed by atoms with Gasteiger partial charge in [-0.25, -0.2) is 14.3 Å². The highest BCUT2D eigenvalue weighted by atomic mass is 35.5. The average Bonchev–Trinajstić information content (AvgIpc) is 3.59. The number of carboxylic acids is 1. The zero-order chi connectivity index (χ0) is 27.8. The molecule has 1 fully saturated rings. The van der Waals surface area contributed by atoms with Crippen molar-refractivity contribution in [3.8, 4) is 21.7 Å².